The van der Waals surface area contributed by atoms with Crippen molar-refractivity contribution in [2.75, 3.05) is 17.3 Å². The van der Waals surface area contributed by atoms with E-state index in [2.05, 4.69) is 32.7 Å². The Labute approximate surface area is 220 Å². The lowest BCUT2D eigenvalue weighted by molar-refractivity contribution is -0.118. The van der Waals surface area contributed by atoms with Gasteiger partial charge in [0, 0.05) is 29.0 Å². The molecule has 2 amide bonds. The van der Waals surface area contributed by atoms with Crippen LogP contribution >= 0.6 is 23.1 Å². The number of aromatic nitrogens is 3. The Balaban J connectivity index is 1.46. The maximum atomic E-state index is 13.1. The summed E-state index contributed by atoms with van der Waals surface area (Å²) in [6.45, 7) is 3.85. The van der Waals surface area contributed by atoms with Gasteiger partial charge in [-0.05, 0) is 66.9 Å². The van der Waals surface area contributed by atoms with E-state index in [4.69, 9.17) is 0 Å². The monoisotopic (exact) mass is 516 g/mol. The number of nitrogens with zero attached hydrogens (tertiary/aromatic N) is 3. The van der Waals surface area contributed by atoms with E-state index in [-0.39, 0.29) is 11.8 Å². The first-order valence-corrected chi connectivity index (χ1v) is 13.8. The summed E-state index contributed by atoms with van der Waals surface area (Å²) >= 11 is 2.99. The van der Waals surface area contributed by atoms with E-state index in [0.29, 0.717) is 17.1 Å². The first-order chi connectivity index (χ1) is 17.5. The topological polar surface area (TPSA) is 88.9 Å². The molecule has 4 aromatic rings. The van der Waals surface area contributed by atoms with Crippen LogP contribution in [0.3, 0.4) is 0 Å². The maximum absolute atomic E-state index is 13.1. The Morgan fingerprint density at radius 3 is 2.72 bits per heavy atom. The van der Waals surface area contributed by atoms with Gasteiger partial charge >= 0.3 is 0 Å². The van der Waals surface area contributed by atoms with Crippen LogP contribution in [0.2, 0.25) is 6.82 Å². The van der Waals surface area contributed by atoms with Gasteiger partial charge in [0.05, 0.1) is 11.3 Å². The number of hydrogen-bond donors (Lipinski definition) is 2. The van der Waals surface area contributed by atoms with Gasteiger partial charge in [0.25, 0.3) is 5.91 Å². The zero-order valence-electron chi connectivity index (χ0n) is 20.4. The van der Waals surface area contributed by atoms with Gasteiger partial charge in [-0.2, -0.15) is 11.8 Å². The molecule has 0 saturated carbocycles. The Morgan fingerprint density at radius 2 is 1.97 bits per heavy atom. The predicted octanol–water partition coefficient (Wildman–Crippen LogP) is 4.99. The van der Waals surface area contributed by atoms with Gasteiger partial charge in [-0.25, -0.2) is 4.98 Å². The van der Waals surface area contributed by atoms with E-state index < -0.39 is 6.04 Å². The van der Waals surface area contributed by atoms with Crippen LogP contribution in [0.4, 0.5) is 5.13 Å². The van der Waals surface area contributed by atoms with E-state index >= 15 is 0 Å². The quantitative estimate of drug-likeness (QED) is 0.290. The standard InChI is InChI=1S/C26H27BN5O2S2/c1-17-13-19(7-10-28-17)18-5-4-6-20(14-18)23-16-36-26(30-23)31-25(34)22(9-12-35-3)29-24(33)21-8-11-32(15-21)27-2/h4-8,10-11,13-16,22H,9,12H2,1-3H3,(H,29,33)(H,30,31,34). The highest BCUT2D eigenvalue weighted by Gasteiger charge is 2.22. The van der Waals surface area contributed by atoms with E-state index in [9.17, 15) is 9.59 Å². The van der Waals surface area contributed by atoms with Crippen molar-refractivity contribution in [2.45, 2.75) is 26.2 Å². The molecule has 0 aliphatic heterocycles. The largest absolute Gasteiger partial charge is 0.402 e. The minimum absolute atomic E-state index is 0.277. The summed E-state index contributed by atoms with van der Waals surface area (Å²) in [4.78, 5) is 34.7. The third-order valence-electron chi connectivity index (χ3n) is 5.63. The van der Waals surface area contributed by atoms with Crippen LogP contribution in [-0.2, 0) is 4.79 Å². The fourth-order valence-corrected chi connectivity index (χ4v) is 4.89. The van der Waals surface area contributed by atoms with Crippen LogP contribution in [0.25, 0.3) is 22.4 Å². The number of hydrogen-bond acceptors (Lipinski definition) is 6. The van der Waals surface area contributed by atoms with Crippen molar-refractivity contribution < 1.29 is 9.59 Å². The number of benzene rings is 1. The number of thioether (sulfide) groups is 1. The molecule has 0 bridgehead atoms. The third-order valence-corrected chi connectivity index (χ3v) is 7.03. The second-order valence-electron chi connectivity index (χ2n) is 8.21. The lowest BCUT2D eigenvalue weighted by Gasteiger charge is -2.17. The Hall–Kier alpha value is -3.37. The highest BCUT2D eigenvalue weighted by molar-refractivity contribution is 7.98. The smallest absolute Gasteiger partial charge is 0.253 e. The van der Waals surface area contributed by atoms with Gasteiger partial charge < -0.3 is 15.1 Å². The number of rotatable bonds is 10. The number of carbonyl (C=O) groups is 2. The van der Waals surface area contributed by atoms with Crippen molar-refractivity contribution in [2.24, 2.45) is 0 Å². The summed E-state index contributed by atoms with van der Waals surface area (Å²) in [5.41, 5.74) is 5.38. The van der Waals surface area contributed by atoms with E-state index in [1.54, 1.807) is 40.9 Å². The molecule has 10 heteroatoms. The second-order valence-corrected chi connectivity index (χ2v) is 10.1. The molecule has 4 rings (SSSR count). The van der Waals surface area contributed by atoms with E-state index in [1.807, 2.05) is 57.1 Å². The van der Waals surface area contributed by atoms with Crippen LogP contribution in [0.15, 0.2) is 66.4 Å². The van der Waals surface area contributed by atoms with Crippen molar-refractivity contribution in [3.05, 3.63) is 77.7 Å². The Morgan fingerprint density at radius 1 is 1.17 bits per heavy atom. The molecule has 1 unspecified atom stereocenters. The molecule has 36 heavy (non-hydrogen) atoms. The highest BCUT2D eigenvalue weighted by atomic mass is 32.2. The average Bonchev–Trinajstić information content (AvgIpc) is 3.56. The molecule has 2 N–H and O–H groups in total. The molecular formula is C26H27BN5O2S2. The number of thiazole rings is 1. The number of aryl methyl sites for hydroxylation is 1. The van der Waals surface area contributed by atoms with Gasteiger partial charge in [-0.3, -0.25) is 14.6 Å². The Kier molecular flexibility index (Phi) is 8.61. The highest BCUT2D eigenvalue weighted by Crippen LogP contribution is 2.29. The van der Waals surface area contributed by atoms with Crippen LogP contribution in [0, 0.1) is 6.92 Å². The molecule has 3 heterocycles. The summed E-state index contributed by atoms with van der Waals surface area (Å²) in [6.07, 6.45) is 7.83. The lowest BCUT2D eigenvalue weighted by atomic mass is 10.0. The zero-order chi connectivity index (χ0) is 25.5. The summed E-state index contributed by atoms with van der Waals surface area (Å²) in [7, 11) is 1.85. The van der Waals surface area contributed by atoms with E-state index in [1.165, 1.54) is 11.3 Å². The lowest BCUT2D eigenvalue weighted by Crippen LogP contribution is -2.44. The molecule has 183 valence electrons. The summed E-state index contributed by atoms with van der Waals surface area (Å²) in [5, 5.41) is 8.19. The number of nitrogens with one attached hydrogen (secondary N) is 2. The van der Waals surface area contributed by atoms with E-state index in [0.717, 1.165) is 33.8 Å². The Bertz CT molecular complexity index is 1350. The van der Waals surface area contributed by atoms with Gasteiger partial charge in [-0.15, -0.1) is 11.3 Å². The van der Waals surface area contributed by atoms with Crippen LogP contribution in [0.5, 0.6) is 0 Å². The molecule has 0 saturated heterocycles. The van der Waals surface area contributed by atoms with Gasteiger partial charge in [-0.1, -0.05) is 25.0 Å². The van der Waals surface area contributed by atoms with Crippen molar-refractivity contribution in [1.82, 2.24) is 19.8 Å². The van der Waals surface area contributed by atoms with Gasteiger partial charge in [0.15, 0.2) is 5.13 Å². The third kappa shape index (κ3) is 6.44. The number of anilines is 1. The molecule has 7 nitrogen and oxygen atoms in total. The van der Waals surface area contributed by atoms with Crippen molar-refractivity contribution in [3.63, 3.8) is 0 Å². The van der Waals surface area contributed by atoms with Crippen LogP contribution in [-0.4, -0.2) is 51.7 Å². The summed E-state index contributed by atoms with van der Waals surface area (Å²) in [6, 6.07) is 13.2. The van der Waals surface area contributed by atoms with Crippen LogP contribution < -0.4 is 10.6 Å². The molecule has 0 fully saturated rings. The summed E-state index contributed by atoms with van der Waals surface area (Å²) in [5.74, 6) is 0.188. The predicted molar refractivity (Wildman–Crippen MR) is 150 cm³/mol. The number of pyridine rings is 1. The molecule has 0 spiro atoms. The average molecular weight is 516 g/mol. The molecular weight excluding hydrogens is 489 g/mol. The number of carbonyl (C=O) groups excluding carboxylic acids is 2. The van der Waals surface area contributed by atoms with Crippen molar-refractivity contribution in [1.29, 1.82) is 0 Å². The fourth-order valence-electron chi connectivity index (χ4n) is 3.69. The van der Waals surface area contributed by atoms with Gasteiger partial charge in [0.1, 0.15) is 6.04 Å². The van der Waals surface area contributed by atoms with Crippen molar-refractivity contribution >= 4 is 47.5 Å². The fraction of sp³-hybridized carbons (Fsp3) is 0.231. The molecule has 1 atom stereocenters. The SMILES string of the molecule is C[B]n1ccc(C(=O)NC(CCSC)C(=O)Nc2nc(-c3cccc(-c4ccnc(C)c4)c3)cs2)c1. The van der Waals surface area contributed by atoms with Crippen molar-refractivity contribution in [3.8, 4) is 22.4 Å². The molecule has 0 aliphatic rings. The molecule has 1 aromatic carbocycles. The minimum Gasteiger partial charge on any atom is -0.402 e. The minimum atomic E-state index is -0.662. The normalized spacial score (nSPS) is 11.6. The molecule has 1 radical (unpaired) electrons. The maximum Gasteiger partial charge on any atom is 0.253 e. The molecule has 3 aromatic heterocycles. The first kappa shape index (κ1) is 25.7. The number of amides is 2. The van der Waals surface area contributed by atoms with Crippen LogP contribution in [0.1, 0.15) is 22.5 Å². The first-order valence-electron chi connectivity index (χ1n) is 11.5. The zero-order valence-corrected chi connectivity index (χ0v) is 22.0. The van der Waals surface area contributed by atoms with Gasteiger partial charge in [0.2, 0.25) is 13.3 Å². The summed E-state index contributed by atoms with van der Waals surface area (Å²) < 4.78 is 1.80. The molecule has 0 aliphatic carbocycles. The second kappa shape index (κ2) is 12.1.